The summed E-state index contributed by atoms with van der Waals surface area (Å²) in [5.74, 6) is -0.897. The molecule has 2 aliphatic heterocycles. The van der Waals surface area contributed by atoms with E-state index in [-0.39, 0.29) is 90.2 Å². The number of sulfonamides is 1. The predicted octanol–water partition coefficient (Wildman–Crippen LogP) is 9.18. The van der Waals surface area contributed by atoms with Crippen LogP contribution in [0.2, 0.25) is 0 Å². The van der Waals surface area contributed by atoms with Gasteiger partial charge >= 0.3 is 0 Å². The van der Waals surface area contributed by atoms with Crippen molar-refractivity contribution in [1.29, 1.82) is 0 Å². The van der Waals surface area contributed by atoms with Gasteiger partial charge in [0.05, 0.1) is 40.4 Å². The van der Waals surface area contributed by atoms with E-state index in [2.05, 4.69) is 5.32 Å². The largest absolute Gasteiger partial charge is 0.497 e. The minimum absolute atomic E-state index is 0.000887. The molecule has 0 aromatic heterocycles. The van der Waals surface area contributed by atoms with Crippen molar-refractivity contribution in [3.63, 3.8) is 0 Å². The number of fused-ring (bicyclic) bond motifs is 6. The second-order valence-electron chi connectivity index (χ2n) is 24.1. The normalized spacial score (nSPS) is 15.7. The molecule has 0 saturated heterocycles. The van der Waals surface area contributed by atoms with Gasteiger partial charge in [0.25, 0.3) is 56.4 Å². The van der Waals surface area contributed by atoms with Crippen molar-refractivity contribution in [1.82, 2.24) is 15.3 Å². The first-order valence-electron chi connectivity index (χ1n) is 30.8. The number of benzene rings is 6. The van der Waals surface area contributed by atoms with Crippen molar-refractivity contribution in [2.45, 2.75) is 134 Å². The lowest BCUT2D eigenvalue weighted by Gasteiger charge is -2.28. The number of methoxy groups -OCH3 is 1. The summed E-state index contributed by atoms with van der Waals surface area (Å²) in [5, 5.41) is 12.6. The number of Topliss-reactive ketones (excluding diaryl/α,β-unsaturated/α-hetero) is 1. The van der Waals surface area contributed by atoms with Gasteiger partial charge in [-0.1, -0.05) is 73.8 Å². The van der Waals surface area contributed by atoms with E-state index in [1.54, 1.807) is 73.7 Å². The number of hydrogen-bond acceptors (Lipinski definition) is 18. The zero-order valence-corrected chi connectivity index (χ0v) is 58.3. The molecule has 0 fully saturated rings. The minimum atomic E-state index is -5.04. The predicted molar refractivity (Wildman–Crippen MR) is 361 cm³/mol. The second-order valence-corrected chi connectivity index (χ2v) is 31.5. The van der Waals surface area contributed by atoms with E-state index >= 15 is 0 Å². The van der Waals surface area contributed by atoms with Crippen molar-refractivity contribution in [3.8, 4) is 16.9 Å². The van der Waals surface area contributed by atoms with Crippen molar-refractivity contribution >= 4 is 107 Å². The van der Waals surface area contributed by atoms with Gasteiger partial charge in [0, 0.05) is 90.7 Å². The molecule has 0 saturated carbocycles. The highest BCUT2D eigenvalue weighted by Crippen LogP contribution is 2.52. The summed E-state index contributed by atoms with van der Waals surface area (Å²) < 4.78 is 183. The Morgan fingerprint density at radius 1 is 0.629 bits per heavy atom. The number of nitrogens with zero attached hydrogens (tertiary/aromatic N) is 3. The van der Waals surface area contributed by atoms with Crippen molar-refractivity contribution in [3.05, 3.63) is 144 Å². The lowest BCUT2D eigenvalue weighted by molar-refractivity contribution is -0.438. The molecular weight excluding hydrogens is 1360 g/mol. The van der Waals surface area contributed by atoms with E-state index in [0.29, 0.717) is 94.9 Å². The number of unbranched alkanes of at least 4 members (excludes halogenated alkanes) is 2. The number of hydroxylamine groups is 2. The molecule has 2 heterocycles. The zero-order valence-electron chi connectivity index (χ0n) is 54.3. The van der Waals surface area contributed by atoms with Crippen molar-refractivity contribution in [2.75, 3.05) is 51.5 Å². The smallest absolute Gasteiger partial charge is 0.295 e. The molecule has 31 heteroatoms. The van der Waals surface area contributed by atoms with Crippen LogP contribution in [-0.4, -0.2) is 150 Å². The fourth-order valence-electron chi connectivity index (χ4n) is 12.4. The number of ketones is 1. The number of likely N-dealkylation sites (N-methyl/N-ethyl adjacent to an activating group) is 1. The maximum atomic E-state index is 14.2. The van der Waals surface area contributed by atoms with E-state index in [9.17, 15) is 79.9 Å². The number of carbonyl (C=O) groups is 3. The standard InChI is InChI=1S/C66H77N5O21S5/c1-8-61(73)67-34-33-56(64(74)68-75)71(93(76,77)47-27-23-44(24-28-47)43-21-25-46(90-7)26-22-43)92-38-37-91-36-16-18-45(72)17-12-11-15-35-70-55-32-30-51-53(40-49(95(81,82)83)42-58(51)97(87,88)89)63(55)66(5,6)60(70)20-14-10-13-19-59-65(3,4)62-52-39-48(94(78,79)80)41-57(96(84,85)86)50(52)29-31-54(62)69(59)9-2/h10,13-14,19-32,39-42,56H,8-9,11-12,15-18,33-38H2,1-7H3,(H6-,67,68,73,74,75,78,79,80,81,82,83,84,85,86,87,88,89)/p+1/t56-/m1/s1. The van der Waals surface area contributed by atoms with Crippen molar-refractivity contribution < 1.29 is 98.8 Å². The Bertz CT molecular complexity index is 4760. The van der Waals surface area contributed by atoms with Crippen LogP contribution >= 0.6 is 0 Å². The molecule has 0 bridgehead atoms. The highest BCUT2D eigenvalue weighted by molar-refractivity contribution is 7.89. The third-order valence-corrected chi connectivity index (χ3v) is 22.2. The maximum absolute atomic E-state index is 14.2. The molecule has 2 amide bonds. The van der Waals surface area contributed by atoms with Crippen LogP contribution in [0.15, 0.2) is 158 Å². The fourth-order valence-corrected chi connectivity index (χ4v) is 16.5. The average Bonchev–Trinajstić information content (AvgIpc) is 1.60. The van der Waals surface area contributed by atoms with E-state index in [1.165, 1.54) is 42.9 Å². The molecule has 522 valence electrons. The van der Waals surface area contributed by atoms with E-state index < -0.39 is 92.9 Å². The van der Waals surface area contributed by atoms with Gasteiger partial charge in [-0.15, -0.1) is 0 Å². The summed E-state index contributed by atoms with van der Waals surface area (Å²) in [5.41, 5.74) is 4.64. The number of carbonyl (C=O) groups excluding carboxylic acids is 3. The molecule has 26 nitrogen and oxygen atoms in total. The highest BCUT2D eigenvalue weighted by atomic mass is 32.2. The Hall–Kier alpha value is -7.63. The average molecular weight is 1440 g/mol. The third-order valence-electron chi connectivity index (χ3n) is 17.1. The number of amides is 2. The van der Waals surface area contributed by atoms with Gasteiger partial charge in [0.1, 0.15) is 33.9 Å². The molecular formula is C66H78N5O21S5+. The molecule has 6 aromatic rings. The molecule has 8 rings (SSSR count). The van der Waals surface area contributed by atoms with E-state index in [1.807, 2.05) is 56.2 Å². The maximum Gasteiger partial charge on any atom is 0.295 e. The van der Waals surface area contributed by atoms with Crippen LogP contribution in [0.1, 0.15) is 104 Å². The first kappa shape index (κ1) is 75.1. The second kappa shape index (κ2) is 30.2. The molecule has 0 unspecified atom stereocenters. The van der Waals surface area contributed by atoms with Gasteiger partial charge in [0.15, 0.2) is 5.71 Å². The van der Waals surface area contributed by atoms with Gasteiger partial charge in [-0.3, -0.25) is 42.6 Å². The lowest BCUT2D eigenvalue weighted by atomic mass is 9.79. The molecule has 0 spiro atoms. The van der Waals surface area contributed by atoms with Crippen LogP contribution in [-0.2, 0) is 85.3 Å². The molecule has 97 heavy (non-hydrogen) atoms. The number of allylic oxidation sites excluding steroid dienone is 6. The lowest BCUT2D eigenvalue weighted by Crippen LogP contribution is -2.50. The Morgan fingerprint density at radius 3 is 1.76 bits per heavy atom. The molecule has 1 atom stereocenters. The zero-order chi connectivity index (χ0) is 71.2. The quantitative estimate of drug-likeness (QED) is 0.00516. The van der Waals surface area contributed by atoms with E-state index in [0.717, 1.165) is 17.3 Å². The van der Waals surface area contributed by atoms with Crippen LogP contribution in [0, 0.1) is 0 Å². The summed E-state index contributed by atoms with van der Waals surface area (Å²) in [6, 6.07) is 21.2. The molecule has 7 N–H and O–H groups in total. The van der Waals surface area contributed by atoms with Gasteiger partial charge in [-0.05, 0) is 141 Å². The number of ether oxygens (including phenoxy) is 2. The topological polar surface area (TPSA) is 384 Å². The summed E-state index contributed by atoms with van der Waals surface area (Å²) in [7, 11) is -23.0. The summed E-state index contributed by atoms with van der Waals surface area (Å²) in [6.07, 6.45) is 11.0. The van der Waals surface area contributed by atoms with Gasteiger partial charge in [-0.2, -0.15) is 38.2 Å². The number of nitrogens with one attached hydrogen (secondary N) is 2. The van der Waals surface area contributed by atoms with Crippen molar-refractivity contribution in [2.24, 2.45) is 0 Å². The Kier molecular flexibility index (Phi) is 23.4. The molecule has 6 aromatic carbocycles. The first-order chi connectivity index (χ1) is 45.5. The monoisotopic (exact) mass is 1440 g/mol. The van der Waals surface area contributed by atoms with Crippen LogP contribution in [0.25, 0.3) is 32.7 Å². The molecule has 0 aliphatic carbocycles. The molecule has 2 aliphatic rings. The Balaban J connectivity index is 0.951. The van der Waals surface area contributed by atoms with Crippen LogP contribution in [0.4, 0.5) is 11.4 Å². The molecule has 0 radical (unpaired) electrons. The summed E-state index contributed by atoms with van der Waals surface area (Å²) >= 11 is 0. The number of hydrogen-bond donors (Lipinski definition) is 7. The van der Waals surface area contributed by atoms with Crippen LogP contribution in [0.3, 0.4) is 0 Å². The first-order valence-corrected chi connectivity index (χ1v) is 38.0. The van der Waals surface area contributed by atoms with Crippen LogP contribution in [0.5, 0.6) is 5.75 Å². The third kappa shape index (κ3) is 16.8. The summed E-state index contributed by atoms with van der Waals surface area (Å²) in [4.78, 5) is 42.9. The SMILES string of the molecule is CCC(=O)NCC[C@H](C(=O)NO)N(OCCOCCCC(=O)CCCCC[N+]1=C(/C=C/C=C/C=C2/N(CC)c3ccc4c(S(=O)(=O)O)cc(S(=O)(=O)O)cc4c3C2(C)C)C(C)(C)c2c1ccc1c(S(=O)(=O)O)cc(S(=O)(=O)O)cc21)S(=O)(=O)c1ccc(-c2ccc(OC)cc2)cc1. The summed E-state index contributed by atoms with van der Waals surface area (Å²) in [6.45, 7) is 11.1. The van der Waals surface area contributed by atoms with Gasteiger partial charge < -0.3 is 19.7 Å². The minimum Gasteiger partial charge on any atom is -0.497 e. The number of rotatable bonds is 32. The van der Waals surface area contributed by atoms with Gasteiger partial charge in [-0.25, -0.2) is 13.9 Å². The Labute approximate surface area is 564 Å². The fraction of sp³-hybridized carbons (Fsp3) is 0.364. The highest BCUT2D eigenvalue weighted by Gasteiger charge is 2.47. The number of anilines is 1. The Morgan fingerprint density at radius 2 is 1.21 bits per heavy atom. The van der Waals surface area contributed by atoms with E-state index in [4.69, 9.17) is 14.3 Å². The van der Waals surface area contributed by atoms with Crippen LogP contribution < -0.4 is 20.4 Å². The van der Waals surface area contributed by atoms with Gasteiger partial charge in [0.2, 0.25) is 11.6 Å².